The second kappa shape index (κ2) is 9.96. The monoisotopic (exact) mass is 369 g/mol. The number of rotatable bonds is 8. The van der Waals surface area contributed by atoms with Gasteiger partial charge in [-0.05, 0) is 49.7 Å². The van der Waals surface area contributed by atoms with Gasteiger partial charge >= 0.3 is 0 Å². The first-order valence-corrected chi connectivity index (χ1v) is 8.42. The van der Waals surface area contributed by atoms with Gasteiger partial charge in [-0.1, -0.05) is 18.2 Å². The third-order valence-corrected chi connectivity index (χ3v) is 3.61. The van der Waals surface area contributed by atoms with Gasteiger partial charge in [0.05, 0.1) is 13.5 Å². The summed E-state index contributed by atoms with van der Waals surface area (Å²) in [6, 6.07) is 14.4. The van der Waals surface area contributed by atoms with Crippen molar-refractivity contribution < 1.29 is 19.1 Å². The van der Waals surface area contributed by atoms with E-state index in [1.54, 1.807) is 44.4 Å². The number of para-hydroxylation sites is 1. The molecule has 2 amide bonds. The molecule has 0 bridgehead atoms. The Bertz CT molecular complexity index is 816. The lowest BCUT2D eigenvalue weighted by atomic mass is 10.2. The lowest BCUT2D eigenvalue weighted by Crippen LogP contribution is -2.26. The summed E-state index contributed by atoms with van der Waals surface area (Å²) in [6.07, 6.45) is 0.0605. The Morgan fingerprint density at radius 2 is 1.74 bits per heavy atom. The largest absolute Gasteiger partial charge is 0.497 e. The third-order valence-electron chi connectivity index (χ3n) is 3.61. The number of carbonyl (C=O) groups is 2. The predicted molar refractivity (Wildman–Crippen MR) is 104 cm³/mol. The van der Waals surface area contributed by atoms with Crippen LogP contribution in [0.2, 0.25) is 0 Å². The fourth-order valence-electron chi connectivity index (χ4n) is 2.20. The molecule has 2 aromatic rings. The normalized spacial score (nSPS) is 10.9. The number of amides is 2. The molecule has 2 rings (SSSR count). The molecule has 0 atom stereocenters. The van der Waals surface area contributed by atoms with Crippen LogP contribution in [0.4, 0.5) is 5.69 Å². The molecular formula is C20H23N3O4. The van der Waals surface area contributed by atoms with Crippen molar-refractivity contribution in [3.8, 4) is 11.5 Å². The Balaban J connectivity index is 1.76. The maximum absolute atomic E-state index is 12.0. The molecule has 0 fully saturated rings. The summed E-state index contributed by atoms with van der Waals surface area (Å²) in [5.74, 6) is 0.730. The first-order chi connectivity index (χ1) is 13.0. The number of nitrogens with one attached hydrogen (secondary N) is 2. The molecule has 7 nitrogen and oxygen atoms in total. The molecule has 0 unspecified atom stereocenters. The SMILES string of the molecule is COc1ccc(NC(=O)C/C(C)=N/NC(=O)COc2ccccc2C)cc1. The smallest absolute Gasteiger partial charge is 0.277 e. The van der Waals surface area contributed by atoms with Crippen LogP contribution < -0.4 is 20.2 Å². The Morgan fingerprint density at radius 1 is 1.04 bits per heavy atom. The highest BCUT2D eigenvalue weighted by Gasteiger charge is 2.07. The van der Waals surface area contributed by atoms with Crippen molar-refractivity contribution in [3.63, 3.8) is 0 Å². The Kier molecular flexibility index (Phi) is 7.37. The van der Waals surface area contributed by atoms with Crippen molar-refractivity contribution in [2.75, 3.05) is 19.0 Å². The van der Waals surface area contributed by atoms with Crippen molar-refractivity contribution in [3.05, 3.63) is 54.1 Å². The van der Waals surface area contributed by atoms with Gasteiger partial charge in [0.1, 0.15) is 11.5 Å². The van der Waals surface area contributed by atoms with E-state index >= 15 is 0 Å². The van der Waals surface area contributed by atoms with Crippen LogP contribution in [0.15, 0.2) is 53.6 Å². The Morgan fingerprint density at radius 3 is 2.41 bits per heavy atom. The summed E-state index contributed by atoms with van der Waals surface area (Å²) in [5, 5.41) is 6.68. The first kappa shape index (κ1) is 20.0. The minimum absolute atomic E-state index is 0.0605. The van der Waals surface area contributed by atoms with Crippen LogP contribution in [0.5, 0.6) is 11.5 Å². The van der Waals surface area contributed by atoms with E-state index in [1.165, 1.54) is 0 Å². The lowest BCUT2D eigenvalue weighted by Gasteiger charge is -2.08. The van der Waals surface area contributed by atoms with Crippen LogP contribution in [0, 0.1) is 6.92 Å². The van der Waals surface area contributed by atoms with E-state index in [0.29, 0.717) is 22.9 Å². The van der Waals surface area contributed by atoms with Gasteiger partial charge < -0.3 is 14.8 Å². The number of nitrogens with zero attached hydrogens (tertiary/aromatic N) is 1. The number of carbonyl (C=O) groups excluding carboxylic acids is 2. The summed E-state index contributed by atoms with van der Waals surface area (Å²) < 4.78 is 10.5. The van der Waals surface area contributed by atoms with E-state index in [2.05, 4.69) is 15.8 Å². The van der Waals surface area contributed by atoms with Crippen molar-refractivity contribution in [2.24, 2.45) is 5.10 Å². The predicted octanol–water partition coefficient (Wildman–Crippen LogP) is 2.90. The first-order valence-electron chi connectivity index (χ1n) is 8.42. The molecule has 0 spiro atoms. The van der Waals surface area contributed by atoms with Crippen LogP contribution in [0.3, 0.4) is 0 Å². The molecule has 0 aliphatic carbocycles. The molecular weight excluding hydrogens is 346 g/mol. The maximum atomic E-state index is 12.0. The molecule has 2 aromatic carbocycles. The number of hydrazone groups is 1. The quantitative estimate of drug-likeness (QED) is 0.553. The van der Waals surface area contributed by atoms with E-state index in [0.717, 1.165) is 5.56 Å². The van der Waals surface area contributed by atoms with Gasteiger partial charge in [-0.3, -0.25) is 9.59 Å². The summed E-state index contributed by atoms with van der Waals surface area (Å²) in [5.41, 5.74) is 4.46. The van der Waals surface area contributed by atoms with Crippen molar-refractivity contribution >= 4 is 23.2 Å². The standard InChI is InChI=1S/C20H23N3O4/c1-14-6-4-5-7-18(14)27-13-20(25)23-22-15(2)12-19(24)21-16-8-10-17(26-3)11-9-16/h4-11H,12-13H2,1-3H3,(H,21,24)(H,23,25)/b22-15+. The maximum Gasteiger partial charge on any atom is 0.277 e. The van der Waals surface area contributed by atoms with Crippen LogP contribution >= 0.6 is 0 Å². The molecule has 0 heterocycles. The number of aryl methyl sites for hydroxylation is 1. The molecule has 7 heteroatoms. The van der Waals surface area contributed by atoms with Gasteiger partial charge in [0.25, 0.3) is 5.91 Å². The average Bonchev–Trinajstić information content (AvgIpc) is 2.66. The van der Waals surface area contributed by atoms with Crippen LogP contribution in [-0.4, -0.2) is 31.2 Å². The summed E-state index contributed by atoms with van der Waals surface area (Å²) in [4.78, 5) is 23.8. The summed E-state index contributed by atoms with van der Waals surface area (Å²) >= 11 is 0. The van der Waals surface area contributed by atoms with Crippen LogP contribution in [0.1, 0.15) is 18.9 Å². The fraction of sp³-hybridized carbons (Fsp3) is 0.250. The minimum atomic E-state index is -0.395. The molecule has 2 N–H and O–H groups in total. The Hall–Kier alpha value is -3.35. The molecule has 142 valence electrons. The van der Waals surface area contributed by atoms with Gasteiger partial charge in [0.2, 0.25) is 5.91 Å². The van der Waals surface area contributed by atoms with Gasteiger partial charge in [0, 0.05) is 11.4 Å². The van der Waals surface area contributed by atoms with Gasteiger partial charge in [-0.15, -0.1) is 0 Å². The molecule has 0 aromatic heterocycles. The number of ether oxygens (including phenoxy) is 2. The zero-order valence-electron chi connectivity index (χ0n) is 15.6. The van der Waals surface area contributed by atoms with E-state index < -0.39 is 5.91 Å². The Labute approximate surface area is 158 Å². The highest BCUT2D eigenvalue weighted by Crippen LogP contribution is 2.16. The van der Waals surface area contributed by atoms with E-state index in [4.69, 9.17) is 9.47 Å². The number of anilines is 1. The van der Waals surface area contributed by atoms with Gasteiger partial charge in [-0.25, -0.2) is 5.43 Å². The van der Waals surface area contributed by atoms with E-state index in [-0.39, 0.29) is 18.9 Å². The number of benzene rings is 2. The van der Waals surface area contributed by atoms with Gasteiger partial charge in [-0.2, -0.15) is 5.10 Å². The molecule has 0 saturated carbocycles. The molecule has 27 heavy (non-hydrogen) atoms. The van der Waals surface area contributed by atoms with Gasteiger partial charge in [0.15, 0.2) is 6.61 Å². The average molecular weight is 369 g/mol. The second-order valence-corrected chi connectivity index (χ2v) is 5.89. The molecule has 0 aliphatic rings. The second-order valence-electron chi connectivity index (χ2n) is 5.89. The minimum Gasteiger partial charge on any atom is -0.497 e. The highest BCUT2D eigenvalue weighted by atomic mass is 16.5. The number of hydrogen-bond donors (Lipinski definition) is 2. The summed E-state index contributed by atoms with van der Waals surface area (Å²) in [7, 11) is 1.58. The zero-order chi connectivity index (χ0) is 19.6. The molecule has 0 radical (unpaired) electrons. The third kappa shape index (κ3) is 6.81. The highest BCUT2D eigenvalue weighted by molar-refractivity contribution is 6.05. The lowest BCUT2D eigenvalue weighted by molar-refractivity contribution is -0.123. The van der Waals surface area contributed by atoms with E-state index in [1.807, 2.05) is 25.1 Å². The topological polar surface area (TPSA) is 89.0 Å². The number of methoxy groups -OCH3 is 1. The van der Waals surface area contributed by atoms with Crippen molar-refractivity contribution in [1.82, 2.24) is 5.43 Å². The molecule has 0 aliphatic heterocycles. The van der Waals surface area contributed by atoms with Crippen LogP contribution in [0.25, 0.3) is 0 Å². The summed E-state index contributed by atoms with van der Waals surface area (Å²) in [6.45, 7) is 3.41. The molecule has 0 saturated heterocycles. The number of hydrogen-bond acceptors (Lipinski definition) is 5. The van der Waals surface area contributed by atoms with Crippen molar-refractivity contribution in [2.45, 2.75) is 20.3 Å². The zero-order valence-corrected chi connectivity index (χ0v) is 15.6. The van der Waals surface area contributed by atoms with Crippen LogP contribution in [-0.2, 0) is 9.59 Å². The van der Waals surface area contributed by atoms with Crippen molar-refractivity contribution in [1.29, 1.82) is 0 Å². The fourth-order valence-corrected chi connectivity index (χ4v) is 2.20. The van der Waals surface area contributed by atoms with E-state index in [9.17, 15) is 9.59 Å².